The van der Waals surface area contributed by atoms with E-state index < -0.39 is 0 Å². The standard InChI is InChI=1S/C9H15IN2S/c10-9-7-11-12(8-9)5-3-1-2-4-6-13/h7-8,13H,1-6H2. The van der Waals surface area contributed by atoms with Crippen LogP contribution in [0.5, 0.6) is 0 Å². The first-order chi connectivity index (χ1) is 6.33. The van der Waals surface area contributed by atoms with Gasteiger partial charge >= 0.3 is 0 Å². The molecular formula is C9H15IN2S. The molecule has 0 saturated carbocycles. The number of rotatable bonds is 6. The highest BCUT2D eigenvalue weighted by Crippen LogP contribution is 2.05. The van der Waals surface area contributed by atoms with Crippen LogP contribution in [0.4, 0.5) is 0 Å². The van der Waals surface area contributed by atoms with E-state index in [-0.39, 0.29) is 0 Å². The van der Waals surface area contributed by atoms with Crippen molar-refractivity contribution in [1.29, 1.82) is 0 Å². The molecule has 0 aromatic carbocycles. The molecule has 74 valence electrons. The zero-order valence-corrected chi connectivity index (χ0v) is 10.7. The molecule has 2 nitrogen and oxygen atoms in total. The molecule has 13 heavy (non-hydrogen) atoms. The molecule has 0 spiro atoms. The predicted octanol–water partition coefficient (Wildman–Crippen LogP) is 2.98. The van der Waals surface area contributed by atoms with Gasteiger partial charge in [0.2, 0.25) is 0 Å². The summed E-state index contributed by atoms with van der Waals surface area (Å²) in [6.07, 6.45) is 9.03. The van der Waals surface area contributed by atoms with Crippen LogP contribution in [0.2, 0.25) is 0 Å². The third-order valence-electron chi connectivity index (χ3n) is 1.90. The monoisotopic (exact) mass is 310 g/mol. The van der Waals surface area contributed by atoms with Crippen molar-refractivity contribution < 1.29 is 0 Å². The van der Waals surface area contributed by atoms with Crippen LogP contribution < -0.4 is 0 Å². The van der Waals surface area contributed by atoms with Crippen molar-refractivity contribution in [3.05, 3.63) is 16.0 Å². The van der Waals surface area contributed by atoms with E-state index in [1.54, 1.807) is 0 Å². The highest BCUT2D eigenvalue weighted by atomic mass is 127. The average Bonchev–Trinajstić information content (AvgIpc) is 2.51. The van der Waals surface area contributed by atoms with Crippen molar-refractivity contribution in [2.45, 2.75) is 32.2 Å². The van der Waals surface area contributed by atoms with Gasteiger partial charge in [-0.25, -0.2) is 0 Å². The summed E-state index contributed by atoms with van der Waals surface area (Å²) in [5.74, 6) is 1.01. The molecule has 0 aliphatic rings. The molecule has 0 unspecified atom stereocenters. The van der Waals surface area contributed by atoms with E-state index in [9.17, 15) is 0 Å². The van der Waals surface area contributed by atoms with Gasteiger partial charge in [-0.2, -0.15) is 17.7 Å². The van der Waals surface area contributed by atoms with Gasteiger partial charge in [0.25, 0.3) is 0 Å². The fourth-order valence-electron chi connectivity index (χ4n) is 1.20. The summed E-state index contributed by atoms with van der Waals surface area (Å²) >= 11 is 6.46. The van der Waals surface area contributed by atoms with E-state index in [1.807, 2.05) is 10.9 Å². The fraction of sp³-hybridized carbons (Fsp3) is 0.667. The van der Waals surface area contributed by atoms with Crippen LogP contribution in [0.25, 0.3) is 0 Å². The van der Waals surface area contributed by atoms with Crippen LogP contribution in [0.1, 0.15) is 25.7 Å². The van der Waals surface area contributed by atoms with Crippen LogP contribution in [0, 0.1) is 3.57 Å². The molecule has 1 heterocycles. The van der Waals surface area contributed by atoms with Crippen molar-refractivity contribution in [1.82, 2.24) is 9.78 Å². The molecule has 0 bridgehead atoms. The number of hydrogen-bond donors (Lipinski definition) is 1. The summed E-state index contributed by atoms with van der Waals surface area (Å²) < 4.78 is 3.23. The van der Waals surface area contributed by atoms with Crippen molar-refractivity contribution in [3.8, 4) is 0 Å². The normalized spacial score (nSPS) is 10.6. The average molecular weight is 310 g/mol. The Morgan fingerprint density at radius 2 is 2.08 bits per heavy atom. The Bertz CT molecular complexity index is 237. The molecule has 0 aliphatic carbocycles. The van der Waals surface area contributed by atoms with Crippen LogP contribution in [-0.4, -0.2) is 15.5 Å². The molecular weight excluding hydrogens is 295 g/mol. The van der Waals surface area contributed by atoms with Gasteiger partial charge in [0.15, 0.2) is 0 Å². The van der Waals surface area contributed by atoms with Gasteiger partial charge < -0.3 is 0 Å². The molecule has 1 aromatic heterocycles. The van der Waals surface area contributed by atoms with Crippen LogP contribution >= 0.6 is 35.2 Å². The van der Waals surface area contributed by atoms with Crippen molar-refractivity contribution >= 4 is 35.2 Å². The maximum Gasteiger partial charge on any atom is 0.0623 e. The summed E-state index contributed by atoms with van der Waals surface area (Å²) in [4.78, 5) is 0. The molecule has 0 saturated heterocycles. The van der Waals surface area contributed by atoms with Gasteiger partial charge in [0.1, 0.15) is 0 Å². The summed E-state index contributed by atoms with van der Waals surface area (Å²) in [5.41, 5.74) is 0. The van der Waals surface area contributed by atoms with E-state index in [4.69, 9.17) is 0 Å². The van der Waals surface area contributed by atoms with E-state index in [2.05, 4.69) is 46.5 Å². The van der Waals surface area contributed by atoms with Crippen molar-refractivity contribution in [2.75, 3.05) is 5.75 Å². The van der Waals surface area contributed by atoms with Gasteiger partial charge in [0.05, 0.1) is 9.77 Å². The van der Waals surface area contributed by atoms with Gasteiger partial charge in [-0.05, 0) is 41.2 Å². The molecule has 0 aliphatic heterocycles. The summed E-state index contributed by atoms with van der Waals surface area (Å²) in [6, 6.07) is 0. The molecule has 0 atom stereocenters. The van der Waals surface area contributed by atoms with Crippen LogP contribution in [-0.2, 0) is 6.54 Å². The lowest BCUT2D eigenvalue weighted by molar-refractivity contribution is 0.542. The highest BCUT2D eigenvalue weighted by molar-refractivity contribution is 14.1. The number of thiol groups is 1. The van der Waals surface area contributed by atoms with Gasteiger partial charge in [-0.3, -0.25) is 4.68 Å². The molecule has 0 amide bonds. The molecule has 0 radical (unpaired) electrons. The molecule has 0 N–H and O–H groups in total. The lowest BCUT2D eigenvalue weighted by Gasteiger charge is -2.00. The van der Waals surface area contributed by atoms with Gasteiger partial charge in [0, 0.05) is 12.7 Å². The van der Waals surface area contributed by atoms with E-state index in [1.165, 1.54) is 29.3 Å². The molecule has 1 rings (SSSR count). The van der Waals surface area contributed by atoms with Gasteiger partial charge in [-0.15, -0.1) is 0 Å². The number of aryl methyl sites for hydroxylation is 1. The third kappa shape index (κ3) is 4.90. The van der Waals surface area contributed by atoms with Crippen molar-refractivity contribution in [2.24, 2.45) is 0 Å². The SMILES string of the molecule is SCCCCCCn1cc(I)cn1. The first-order valence-corrected chi connectivity index (χ1v) is 6.33. The maximum atomic E-state index is 4.23. The van der Waals surface area contributed by atoms with Crippen molar-refractivity contribution in [3.63, 3.8) is 0 Å². The Balaban J connectivity index is 2.06. The minimum absolute atomic E-state index is 1.01. The summed E-state index contributed by atoms with van der Waals surface area (Å²) in [6.45, 7) is 1.05. The Kier molecular flexibility index (Phi) is 5.86. The second-order valence-electron chi connectivity index (χ2n) is 3.06. The Labute approximate surface area is 98.6 Å². The highest BCUT2D eigenvalue weighted by Gasteiger charge is 1.94. The third-order valence-corrected chi connectivity index (χ3v) is 2.77. The topological polar surface area (TPSA) is 17.8 Å². The first kappa shape index (κ1) is 11.4. The smallest absolute Gasteiger partial charge is 0.0623 e. The summed E-state index contributed by atoms with van der Waals surface area (Å²) in [5, 5.41) is 4.23. The zero-order chi connectivity index (χ0) is 9.52. The Morgan fingerprint density at radius 3 is 2.69 bits per heavy atom. The molecule has 1 aromatic rings. The lowest BCUT2D eigenvalue weighted by atomic mass is 10.2. The largest absolute Gasteiger partial charge is 0.272 e. The second-order valence-corrected chi connectivity index (χ2v) is 4.75. The molecule has 0 fully saturated rings. The number of aromatic nitrogens is 2. The quantitative estimate of drug-likeness (QED) is 0.486. The van der Waals surface area contributed by atoms with E-state index in [0.717, 1.165) is 12.3 Å². The number of hydrogen-bond acceptors (Lipinski definition) is 2. The molecule has 4 heteroatoms. The number of halogens is 1. The second kappa shape index (κ2) is 6.70. The minimum atomic E-state index is 1.01. The Morgan fingerprint density at radius 1 is 1.31 bits per heavy atom. The van der Waals surface area contributed by atoms with E-state index in [0.29, 0.717) is 0 Å². The van der Waals surface area contributed by atoms with Crippen LogP contribution in [0.3, 0.4) is 0 Å². The van der Waals surface area contributed by atoms with Gasteiger partial charge in [-0.1, -0.05) is 12.8 Å². The maximum absolute atomic E-state index is 4.23. The lowest BCUT2D eigenvalue weighted by Crippen LogP contribution is -1.97. The number of unbranched alkanes of at least 4 members (excludes halogenated alkanes) is 3. The summed E-state index contributed by atoms with van der Waals surface area (Å²) in [7, 11) is 0. The zero-order valence-electron chi connectivity index (χ0n) is 7.62. The minimum Gasteiger partial charge on any atom is -0.272 e. The fourth-order valence-corrected chi connectivity index (χ4v) is 1.87. The number of nitrogens with zero attached hydrogens (tertiary/aromatic N) is 2. The van der Waals surface area contributed by atoms with Crippen LogP contribution in [0.15, 0.2) is 12.4 Å². The van der Waals surface area contributed by atoms with E-state index >= 15 is 0 Å². The predicted molar refractivity (Wildman–Crippen MR) is 67.3 cm³/mol. The first-order valence-electron chi connectivity index (χ1n) is 4.62. The Hall–Kier alpha value is 0.290.